The Bertz CT molecular complexity index is 830. The van der Waals surface area contributed by atoms with Gasteiger partial charge in [0.05, 0.1) is 6.61 Å². The van der Waals surface area contributed by atoms with Crippen molar-refractivity contribution in [2.75, 3.05) is 6.61 Å². The second-order valence-corrected chi connectivity index (χ2v) is 8.03. The number of hydrogen-bond donors (Lipinski definition) is 1. The fourth-order valence-electron chi connectivity index (χ4n) is 1.98. The number of rotatable bonds is 7. The molecule has 1 N–H and O–H groups in total. The van der Waals surface area contributed by atoms with E-state index in [-0.39, 0.29) is 5.97 Å². The first-order valence-corrected chi connectivity index (χ1v) is 9.92. The first-order valence-electron chi connectivity index (χ1n) is 9.17. The Morgan fingerprint density at radius 2 is 1.17 bits per heavy atom. The summed E-state index contributed by atoms with van der Waals surface area (Å²) < 4.78 is 15.7. The molecular formula is C22H26Cl2O6. The van der Waals surface area contributed by atoms with Gasteiger partial charge in [-0.05, 0) is 83.1 Å². The summed E-state index contributed by atoms with van der Waals surface area (Å²) in [6.07, 6.45) is 0. The minimum atomic E-state index is -1.23. The zero-order chi connectivity index (χ0) is 22.9. The lowest BCUT2D eigenvalue weighted by Gasteiger charge is -2.23. The molecule has 0 saturated heterocycles. The molecule has 0 radical (unpaired) electrons. The zero-order valence-corrected chi connectivity index (χ0v) is 19.1. The Hall–Kier alpha value is -2.44. The van der Waals surface area contributed by atoms with Crippen LogP contribution in [0.25, 0.3) is 0 Å². The van der Waals surface area contributed by atoms with Gasteiger partial charge in [0.2, 0.25) is 0 Å². The van der Waals surface area contributed by atoms with Crippen LogP contribution in [0.15, 0.2) is 48.5 Å². The lowest BCUT2D eigenvalue weighted by atomic mass is 10.1. The summed E-state index contributed by atoms with van der Waals surface area (Å²) in [4.78, 5) is 22.3. The van der Waals surface area contributed by atoms with Crippen molar-refractivity contribution in [1.29, 1.82) is 0 Å². The van der Waals surface area contributed by atoms with Crippen LogP contribution in [0, 0.1) is 0 Å². The standard InChI is InChI=1S/C12H15ClO3.C10H11ClO3/c1-4-15-11(14)12(2,3)16-10-7-5-9(13)6-8-10;1-10(2,9(12)13)14-8-5-3-7(11)4-6-8/h5-8H,4H2,1-3H3;3-6H,1-2H3,(H,12,13). The highest BCUT2D eigenvalue weighted by atomic mass is 35.5. The Kier molecular flexibility index (Phi) is 9.46. The smallest absolute Gasteiger partial charge is 0.349 e. The lowest BCUT2D eigenvalue weighted by Crippen LogP contribution is -2.39. The molecule has 6 nitrogen and oxygen atoms in total. The van der Waals surface area contributed by atoms with Crippen LogP contribution in [0.1, 0.15) is 34.6 Å². The number of hydrogen-bond acceptors (Lipinski definition) is 5. The number of carboxylic acid groups (broad SMARTS) is 1. The molecule has 164 valence electrons. The van der Waals surface area contributed by atoms with Gasteiger partial charge in [-0.2, -0.15) is 0 Å². The number of carbonyl (C=O) groups is 2. The van der Waals surface area contributed by atoms with Crippen molar-refractivity contribution in [1.82, 2.24) is 0 Å². The summed E-state index contributed by atoms with van der Waals surface area (Å²) in [6, 6.07) is 13.4. The fraction of sp³-hybridized carbons (Fsp3) is 0.364. The minimum Gasteiger partial charge on any atom is -0.478 e. The zero-order valence-electron chi connectivity index (χ0n) is 17.6. The molecule has 0 bridgehead atoms. The number of ether oxygens (including phenoxy) is 3. The molecule has 0 unspecified atom stereocenters. The molecule has 0 atom stereocenters. The maximum absolute atomic E-state index is 11.6. The molecular weight excluding hydrogens is 431 g/mol. The highest BCUT2D eigenvalue weighted by molar-refractivity contribution is 6.30. The van der Waals surface area contributed by atoms with Crippen LogP contribution in [0.2, 0.25) is 10.0 Å². The van der Waals surface area contributed by atoms with Gasteiger partial charge in [0.15, 0.2) is 11.2 Å². The number of carbonyl (C=O) groups excluding carboxylic acids is 1. The van der Waals surface area contributed by atoms with Crippen LogP contribution in [0.4, 0.5) is 0 Å². The maximum Gasteiger partial charge on any atom is 0.349 e. The van der Waals surface area contributed by atoms with E-state index in [9.17, 15) is 9.59 Å². The van der Waals surface area contributed by atoms with E-state index in [0.717, 1.165) is 0 Å². The molecule has 0 saturated carbocycles. The highest BCUT2D eigenvalue weighted by Gasteiger charge is 2.31. The van der Waals surface area contributed by atoms with Gasteiger partial charge >= 0.3 is 11.9 Å². The third-order valence-electron chi connectivity index (χ3n) is 3.66. The summed E-state index contributed by atoms with van der Waals surface area (Å²) in [5.74, 6) is -0.318. The van der Waals surface area contributed by atoms with Gasteiger partial charge in [-0.25, -0.2) is 9.59 Å². The predicted octanol–water partition coefficient (Wildman–Crippen LogP) is 5.64. The van der Waals surface area contributed by atoms with E-state index >= 15 is 0 Å². The molecule has 0 spiro atoms. The van der Waals surface area contributed by atoms with Gasteiger partial charge in [0.1, 0.15) is 11.5 Å². The Morgan fingerprint density at radius 1 is 0.800 bits per heavy atom. The van der Waals surface area contributed by atoms with E-state index in [4.69, 9.17) is 42.5 Å². The van der Waals surface area contributed by atoms with Gasteiger partial charge in [-0.15, -0.1) is 0 Å². The second-order valence-electron chi connectivity index (χ2n) is 7.16. The maximum atomic E-state index is 11.6. The van der Waals surface area contributed by atoms with Gasteiger partial charge in [-0.3, -0.25) is 0 Å². The molecule has 0 aliphatic heterocycles. The van der Waals surface area contributed by atoms with E-state index in [1.54, 1.807) is 69.3 Å². The average Bonchev–Trinajstić information content (AvgIpc) is 2.66. The molecule has 0 amide bonds. The molecule has 0 aliphatic rings. The number of carboxylic acids is 1. The molecule has 2 aromatic rings. The van der Waals surface area contributed by atoms with Crippen molar-refractivity contribution in [3.8, 4) is 11.5 Å². The van der Waals surface area contributed by atoms with Crippen LogP contribution in [0.5, 0.6) is 11.5 Å². The van der Waals surface area contributed by atoms with E-state index in [0.29, 0.717) is 28.2 Å². The van der Waals surface area contributed by atoms with Crippen molar-refractivity contribution >= 4 is 35.1 Å². The number of benzene rings is 2. The second kappa shape index (κ2) is 11.1. The van der Waals surface area contributed by atoms with Crippen LogP contribution < -0.4 is 9.47 Å². The average molecular weight is 457 g/mol. The molecule has 0 heterocycles. The molecule has 0 aromatic heterocycles. The Labute approximate surface area is 186 Å². The molecule has 30 heavy (non-hydrogen) atoms. The summed E-state index contributed by atoms with van der Waals surface area (Å²) in [7, 11) is 0. The quantitative estimate of drug-likeness (QED) is 0.542. The van der Waals surface area contributed by atoms with E-state index in [1.165, 1.54) is 13.8 Å². The van der Waals surface area contributed by atoms with Crippen molar-refractivity contribution in [2.24, 2.45) is 0 Å². The molecule has 0 aliphatic carbocycles. The lowest BCUT2D eigenvalue weighted by molar-refractivity contribution is -0.158. The third kappa shape index (κ3) is 8.51. The summed E-state index contributed by atoms with van der Waals surface area (Å²) in [5, 5.41) is 10.0. The molecule has 2 rings (SSSR count). The Morgan fingerprint density at radius 3 is 1.50 bits per heavy atom. The summed E-state index contributed by atoms with van der Waals surface area (Å²) in [6.45, 7) is 8.41. The van der Waals surface area contributed by atoms with Gasteiger partial charge in [0.25, 0.3) is 0 Å². The van der Waals surface area contributed by atoms with Gasteiger partial charge < -0.3 is 19.3 Å². The van der Waals surface area contributed by atoms with E-state index < -0.39 is 17.2 Å². The van der Waals surface area contributed by atoms with E-state index in [2.05, 4.69) is 0 Å². The van der Waals surface area contributed by atoms with Crippen LogP contribution in [-0.2, 0) is 14.3 Å². The van der Waals surface area contributed by atoms with Crippen molar-refractivity contribution in [3.63, 3.8) is 0 Å². The first kappa shape index (κ1) is 25.6. The first-order chi connectivity index (χ1) is 13.9. The normalized spacial score (nSPS) is 11.0. The largest absolute Gasteiger partial charge is 0.478 e. The van der Waals surface area contributed by atoms with E-state index in [1.807, 2.05) is 0 Å². The summed E-state index contributed by atoms with van der Waals surface area (Å²) in [5.41, 5.74) is -2.22. The van der Waals surface area contributed by atoms with Gasteiger partial charge in [0, 0.05) is 10.0 Å². The van der Waals surface area contributed by atoms with Crippen LogP contribution in [0.3, 0.4) is 0 Å². The van der Waals surface area contributed by atoms with Crippen molar-refractivity contribution in [2.45, 2.75) is 45.8 Å². The fourth-order valence-corrected chi connectivity index (χ4v) is 2.24. The van der Waals surface area contributed by atoms with Crippen LogP contribution in [-0.4, -0.2) is 34.9 Å². The number of aliphatic carboxylic acids is 1. The molecule has 8 heteroatoms. The number of esters is 1. The predicted molar refractivity (Wildman–Crippen MR) is 117 cm³/mol. The third-order valence-corrected chi connectivity index (χ3v) is 4.16. The van der Waals surface area contributed by atoms with Crippen molar-refractivity contribution < 1.29 is 28.9 Å². The Balaban J connectivity index is 0.000000303. The monoisotopic (exact) mass is 456 g/mol. The number of halogens is 2. The van der Waals surface area contributed by atoms with Crippen LogP contribution >= 0.6 is 23.2 Å². The van der Waals surface area contributed by atoms with Crippen molar-refractivity contribution in [3.05, 3.63) is 58.6 Å². The SMILES string of the molecule is CC(C)(Oc1ccc(Cl)cc1)C(=O)O.CCOC(=O)C(C)(C)Oc1ccc(Cl)cc1. The molecule has 0 fully saturated rings. The highest BCUT2D eigenvalue weighted by Crippen LogP contribution is 2.22. The van der Waals surface area contributed by atoms with Gasteiger partial charge in [-0.1, -0.05) is 23.2 Å². The minimum absolute atomic E-state index is 0.340. The summed E-state index contributed by atoms with van der Waals surface area (Å²) >= 11 is 11.4. The molecule has 2 aromatic carbocycles. The topological polar surface area (TPSA) is 82.1 Å².